The number of benzene rings is 2. The lowest BCUT2D eigenvalue weighted by Gasteiger charge is -2.27. The fourth-order valence-electron chi connectivity index (χ4n) is 4.12. The Labute approximate surface area is 206 Å². The summed E-state index contributed by atoms with van der Waals surface area (Å²) in [7, 11) is 0. The number of carbonyl (C=O) groups is 1. The normalized spacial score (nSPS) is 13.7. The van der Waals surface area contributed by atoms with Crippen molar-refractivity contribution < 1.29 is 9.18 Å². The standard InChI is InChI=1S/C26H24FN5O2S/c27-18-8-11-20(12-9-18)32-25(34)21-6-2-3-7-22(21)30-26(32)35-17-24(33)29-19-10-13-23(28-16-19)31-14-4-1-5-15-31/h2-3,6-13,16H,1,4-5,14-15,17H2,(H,29,33). The molecule has 1 aliphatic rings. The van der Waals surface area contributed by atoms with Crippen LogP contribution in [0.15, 0.2) is 76.8 Å². The molecule has 1 amide bonds. The van der Waals surface area contributed by atoms with Crippen LogP contribution in [0, 0.1) is 5.82 Å². The van der Waals surface area contributed by atoms with E-state index in [0.717, 1.165) is 30.7 Å². The van der Waals surface area contributed by atoms with Gasteiger partial charge in [0.1, 0.15) is 11.6 Å². The van der Waals surface area contributed by atoms with Gasteiger partial charge in [-0.1, -0.05) is 23.9 Å². The van der Waals surface area contributed by atoms with Crippen LogP contribution in [-0.4, -0.2) is 39.3 Å². The van der Waals surface area contributed by atoms with Crippen LogP contribution >= 0.6 is 11.8 Å². The van der Waals surface area contributed by atoms with Crippen LogP contribution in [-0.2, 0) is 4.79 Å². The van der Waals surface area contributed by atoms with Crippen molar-refractivity contribution in [3.8, 4) is 5.69 Å². The summed E-state index contributed by atoms with van der Waals surface area (Å²) >= 11 is 1.15. The van der Waals surface area contributed by atoms with Gasteiger partial charge in [-0.15, -0.1) is 0 Å². The molecule has 0 atom stereocenters. The Morgan fingerprint density at radius 2 is 1.77 bits per heavy atom. The van der Waals surface area contributed by atoms with Crippen LogP contribution in [0.3, 0.4) is 0 Å². The lowest BCUT2D eigenvalue weighted by atomic mass is 10.1. The number of thioether (sulfide) groups is 1. The number of halogens is 1. The number of pyridine rings is 1. The van der Waals surface area contributed by atoms with Crippen LogP contribution in [0.5, 0.6) is 0 Å². The smallest absolute Gasteiger partial charge is 0.266 e. The molecule has 35 heavy (non-hydrogen) atoms. The maximum absolute atomic E-state index is 13.5. The van der Waals surface area contributed by atoms with Gasteiger partial charge in [-0.25, -0.2) is 14.4 Å². The highest BCUT2D eigenvalue weighted by Gasteiger charge is 2.16. The molecule has 178 valence electrons. The number of nitrogens with zero attached hydrogens (tertiary/aromatic N) is 4. The first-order valence-electron chi connectivity index (χ1n) is 11.5. The van der Waals surface area contributed by atoms with E-state index in [4.69, 9.17) is 0 Å². The van der Waals surface area contributed by atoms with E-state index in [1.54, 1.807) is 30.5 Å². The highest BCUT2D eigenvalue weighted by Crippen LogP contribution is 2.23. The van der Waals surface area contributed by atoms with Crippen molar-refractivity contribution >= 4 is 40.1 Å². The van der Waals surface area contributed by atoms with Crippen molar-refractivity contribution in [2.24, 2.45) is 0 Å². The van der Waals surface area contributed by atoms with Gasteiger partial charge >= 0.3 is 0 Å². The molecular formula is C26H24FN5O2S. The molecule has 1 N–H and O–H groups in total. The van der Waals surface area contributed by atoms with Crippen molar-refractivity contribution in [3.63, 3.8) is 0 Å². The highest BCUT2D eigenvalue weighted by atomic mass is 32.2. The summed E-state index contributed by atoms with van der Waals surface area (Å²) in [6.45, 7) is 2.01. The first-order chi connectivity index (χ1) is 17.1. The molecule has 1 saturated heterocycles. The van der Waals surface area contributed by atoms with Gasteiger partial charge in [-0.3, -0.25) is 14.2 Å². The van der Waals surface area contributed by atoms with Gasteiger partial charge in [-0.05, 0) is 67.8 Å². The van der Waals surface area contributed by atoms with Crippen LogP contribution < -0.4 is 15.8 Å². The molecule has 0 unspecified atom stereocenters. The van der Waals surface area contributed by atoms with Crippen LogP contribution in [0.2, 0.25) is 0 Å². The minimum Gasteiger partial charge on any atom is -0.357 e. The third-order valence-electron chi connectivity index (χ3n) is 5.87. The molecule has 0 spiro atoms. The summed E-state index contributed by atoms with van der Waals surface area (Å²) in [5, 5.41) is 3.66. The minimum absolute atomic E-state index is 0.0415. The number of aromatic nitrogens is 3. The predicted molar refractivity (Wildman–Crippen MR) is 137 cm³/mol. The number of hydrogen-bond donors (Lipinski definition) is 1. The molecule has 3 heterocycles. The second-order valence-electron chi connectivity index (χ2n) is 8.32. The Hall–Kier alpha value is -3.72. The fraction of sp³-hybridized carbons (Fsp3) is 0.231. The first-order valence-corrected chi connectivity index (χ1v) is 12.5. The number of piperidine rings is 1. The Morgan fingerprint density at radius 3 is 2.51 bits per heavy atom. The van der Waals surface area contributed by atoms with Gasteiger partial charge < -0.3 is 10.2 Å². The van der Waals surface area contributed by atoms with E-state index < -0.39 is 5.82 Å². The average molecular weight is 490 g/mol. The number of amides is 1. The Bertz CT molecular complexity index is 1400. The highest BCUT2D eigenvalue weighted by molar-refractivity contribution is 7.99. The van der Waals surface area contributed by atoms with E-state index in [-0.39, 0.29) is 17.2 Å². The molecule has 2 aromatic carbocycles. The molecule has 7 nitrogen and oxygen atoms in total. The van der Waals surface area contributed by atoms with Crippen molar-refractivity contribution in [3.05, 3.63) is 83.0 Å². The van der Waals surface area contributed by atoms with E-state index in [1.807, 2.05) is 12.1 Å². The van der Waals surface area contributed by atoms with Gasteiger partial charge in [0.2, 0.25) is 5.91 Å². The molecule has 5 rings (SSSR count). The van der Waals surface area contributed by atoms with Gasteiger partial charge in [0.15, 0.2) is 5.16 Å². The molecule has 0 saturated carbocycles. The molecule has 0 aliphatic carbocycles. The summed E-state index contributed by atoms with van der Waals surface area (Å²) in [5.74, 6) is 0.320. The zero-order valence-corrected chi connectivity index (χ0v) is 19.8. The molecule has 9 heteroatoms. The third-order valence-corrected chi connectivity index (χ3v) is 6.81. The number of rotatable bonds is 6. The number of hydrogen-bond acceptors (Lipinski definition) is 6. The third kappa shape index (κ3) is 5.19. The maximum atomic E-state index is 13.5. The molecule has 2 aromatic heterocycles. The van der Waals surface area contributed by atoms with E-state index in [2.05, 4.69) is 20.2 Å². The SMILES string of the molecule is O=C(CSc1nc2ccccc2c(=O)n1-c1ccc(F)cc1)Nc1ccc(N2CCCCC2)nc1. The topological polar surface area (TPSA) is 80.1 Å². The Balaban J connectivity index is 1.33. The van der Waals surface area contributed by atoms with Gasteiger partial charge in [0.05, 0.1) is 34.2 Å². The zero-order valence-electron chi connectivity index (χ0n) is 19.0. The number of fused-ring (bicyclic) bond motifs is 1. The van der Waals surface area contributed by atoms with Crippen LogP contribution in [0.4, 0.5) is 15.9 Å². The van der Waals surface area contributed by atoms with Crippen LogP contribution in [0.25, 0.3) is 16.6 Å². The molecular weight excluding hydrogens is 465 g/mol. The van der Waals surface area contributed by atoms with E-state index in [1.165, 1.54) is 48.1 Å². The fourth-order valence-corrected chi connectivity index (χ4v) is 4.94. The van der Waals surface area contributed by atoms with Crippen molar-refractivity contribution in [1.29, 1.82) is 0 Å². The summed E-state index contributed by atoms with van der Waals surface area (Å²) in [4.78, 5) is 37.3. The quantitative estimate of drug-likeness (QED) is 0.314. The summed E-state index contributed by atoms with van der Waals surface area (Å²) in [6.07, 6.45) is 5.25. The summed E-state index contributed by atoms with van der Waals surface area (Å²) in [5.41, 5.74) is 1.35. The molecule has 0 radical (unpaired) electrons. The Kier molecular flexibility index (Phi) is 6.76. The summed E-state index contributed by atoms with van der Waals surface area (Å²) in [6, 6.07) is 16.4. The lowest BCUT2D eigenvalue weighted by Crippen LogP contribution is -2.30. The monoisotopic (exact) mass is 489 g/mol. The van der Waals surface area contributed by atoms with Crippen molar-refractivity contribution in [1.82, 2.24) is 14.5 Å². The number of anilines is 2. The lowest BCUT2D eigenvalue weighted by molar-refractivity contribution is -0.113. The van der Waals surface area contributed by atoms with E-state index >= 15 is 0 Å². The van der Waals surface area contributed by atoms with Gasteiger partial charge in [0.25, 0.3) is 5.56 Å². The van der Waals surface area contributed by atoms with Crippen molar-refractivity contribution in [2.45, 2.75) is 24.4 Å². The first kappa shape index (κ1) is 23.0. The molecule has 1 aliphatic heterocycles. The maximum Gasteiger partial charge on any atom is 0.266 e. The number of nitrogens with one attached hydrogen (secondary N) is 1. The largest absolute Gasteiger partial charge is 0.357 e. The van der Waals surface area contributed by atoms with Gasteiger partial charge in [0, 0.05) is 13.1 Å². The van der Waals surface area contributed by atoms with E-state index in [9.17, 15) is 14.0 Å². The molecule has 1 fully saturated rings. The number of carbonyl (C=O) groups excluding carboxylic acids is 1. The predicted octanol–water partition coefficient (Wildman–Crippen LogP) is 4.64. The second kappa shape index (κ2) is 10.3. The zero-order chi connectivity index (χ0) is 24.2. The molecule has 4 aromatic rings. The van der Waals surface area contributed by atoms with Crippen LogP contribution in [0.1, 0.15) is 19.3 Å². The van der Waals surface area contributed by atoms with Gasteiger partial charge in [-0.2, -0.15) is 0 Å². The average Bonchev–Trinajstić information content (AvgIpc) is 2.89. The molecule has 0 bridgehead atoms. The minimum atomic E-state index is -0.399. The number of para-hydroxylation sites is 1. The van der Waals surface area contributed by atoms with E-state index in [0.29, 0.717) is 27.4 Å². The Morgan fingerprint density at radius 1 is 1.00 bits per heavy atom. The van der Waals surface area contributed by atoms with Crippen molar-refractivity contribution in [2.75, 3.05) is 29.1 Å². The summed E-state index contributed by atoms with van der Waals surface area (Å²) < 4.78 is 14.9. The second-order valence-corrected chi connectivity index (χ2v) is 9.26.